The van der Waals surface area contributed by atoms with Gasteiger partial charge in [0, 0.05) is 13.7 Å². The molecule has 1 atom stereocenters. The van der Waals surface area contributed by atoms with Crippen LogP contribution in [0.3, 0.4) is 0 Å². The molecule has 0 rings (SSSR count). The van der Waals surface area contributed by atoms with Crippen LogP contribution < -0.4 is 5.73 Å². The highest BCUT2D eigenvalue weighted by atomic mass is 16.6. The van der Waals surface area contributed by atoms with Gasteiger partial charge in [0.05, 0.1) is 19.8 Å². The van der Waals surface area contributed by atoms with E-state index < -0.39 is 0 Å². The van der Waals surface area contributed by atoms with E-state index in [1.54, 1.807) is 7.11 Å². The Hall–Kier alpha value is -0.160. The Morgan fingerprint density at radius 3 is 2.64 bits per heavy atom. The maximum Gasteiger partial charge on any atom is 0.129 e. The average molecular weight is 163 g/mol. The lowest BCUT2D eigenvalue weighted by molar-refractivity contribution is -0.0236. The first-order valence-electron chi connectivity index (χ1n) is 3.75. The van der Waals surface area contributed by atoms with Gasteiger partial charge in [-0.25, -0.2) is 0 Å². The molecule has 0 saturated heterocycles. The molecule has 0 saturated carbocycles. The molecule has 0 aromatic heterocycles. The molecule has 0 radical (unpaired) electrons. The molecule has 0 aromatic rings. The third-order valence-corrected chi connectivity index (χ3v) is 1.09. The molecule has 0 aromatic carbocycles. The number of methoxy groups -OCH3 is 1. The summed E-state index contributed by atoms with van der Waals surface area (Å²) < 4.78 is 14.9. The quantitative estimate of drug-likeness (QED) is 0.423. The van der Waals surface area contributed by atoms with Crippen molar-refractivity contribution < 1.29 is 14.2 Å². The maximum absolute atomic E-state index is 5.46. The first kappa shape index (κ1) is 10.8. The molecule has 0 aliphatic heterocycles. The molecule has 1 unspecified atom stereocenters. The lowest BCUT2D eigenvalue weighted by Crippen LogP contribution is -2.30. The fraction of sp³-hybridized carbons (Fsp3) is 1.00. The summed E-state index contributed by atoms with van der Waals surface area (Å²) in [5.74, 6) is 0. The van der Waals surface area contributed by atoms with Crippen molar-refractivity contribution in [2.75, 3.05) is 33.5 Å². The standard InChI is InChI=1S/C7H17NO3/c1-3-10-4-5-11-7(8)6-9-2/h7H,3-6,8H2,1-2H3. The van der Waals surface area contributed by atoms with Gasteiger partial charge in [-0.15, -0.1) is 0 Å². The van der Waals surface area contributed by atoms with E-state index in [-0.39, 0.29) is 6.23 Å². The second-order valence-corrected chi connectivity index (χ2v) is 2.06. The normalized spacial score (nSPS) is 13.4. The highest BCUT2D eigenvalue weighted by Crippen LogP contribution is 1.84. The highest BCUT2D eigenvalue weighted by Gasteiger charge is 1.99. The van der Waals surface area contributed by atoms with E-state index in [9.17, 15) is 0 Å². The van der Waals surface area contributed by atoms with Gasteiger partial charge in [-0.3, -0.25) is 0 Å². The summed E-state index contributed by atoms with van der Waals surface area (Å²) in [4.78, 5) is 0. The lowest BCUT2D eigenvalue weighted by Gasteiger charge is -2.11. The lowest BCUT2D eigenvalue weighted by atomic mass is 10.6. The zero-order valence-corrected chi connectivity index (χ0v) is 7.21. The zero-order chi connectivity index (χ0) is 8.53. The van der Waals surface area contributed by atoms with Crippen LogP contribution in [0, 0.1) is 0 Å². The smallest absolute Gasteiger partial charge is 0.129 e. The minimum atomic E-state index is -0.333. The molecule has 11 heavy (non-hydrogen) atoms. The third-order valence-electron chi connectivity index (χ3n) is 1.09. The summed E-state index contributed by atoms with van der Waals surface area (Å²) >= 11 is 0. The topological polar surface area (TPSA) is 53.7 Å². The zero-order valence-electron chi connectivity index (χ0n) is 7.21. The summed E-state index contributed by atoms with van der Waals surface area (Å²) in [6.07, 6.45) is -0.333. The molecule has 0 spiro atoms. The fourth-order valence-corrected chi connectivity index (χ4v) is 0.615. The number of rotatable bonds is 7. The van der Waals surface area contributed by atoms with Crippen molar-refractivity contribution in [3.05, 3.63) is 0 Å². The van der Waals surface area contributed by atoms with Crippen molar-refractivity contribution >= 4 is 0 Å². The van der Waals surface area contributed by atoms with Crippen LogP contribution >= 0.6 is 0 Å². The van der Waals surface area contributed by atoms with Gasteiger partial charge in [-0.05, 0) is 6.92 Å². The first-order chi connectivity index (χ1) is 5.31. The van der Waals surface area contributed by atoms with Gasteiger partial charge in [0.2, 0.25) is 0 Å². The second kappa shape index (κ2) is 7.94. The van der Waals surface area contributed by atoms with Gasteiger partial charge < -0.3 is 19.9 Å². The van der Waals surface area contributed by atoms with Crippen LogP contribution in [0.4, 0.5) is 0 Å². The summed E-state index contributed by atoms with van der Waals surface area (Å²) in [5.41, 5.74) is 5.46. The van der Waals surface area contributed by atoms with Crippen molar-refractivity contribution in [3.8, 4) is 0 Å². The molecule has 0 amide bonds. The highest BCUT2D eigenvalue weighted by molar-refractivity contribution is 4.42. The maximum atomic E-state index is 5.46. The van der Waals surface area contributed by atoms with Gasteiger partial charge in [-0.1, -0.05) is 0 Å². The van der Waals surface area contributed by atoms with Gasteiger partial charge in [0.15, 0.2) is 0 Å². The van der Waals surface area contributed by atoms with E-state index in [0.29, 0.717) is 26.4 Å². The first-order valence-corrected chi connectivity index (χ1v) is 3.75. The summed E-state index contributed by atoms with van der Waals surface area (Å²) in [5, 5.41) is 0. The molecule has 4 nitrogen and oxygen atoms in total. The molecule has 68 valence electrons. The van der Waals surface area contributed by atoms with E-state index >= 15 is 0 Å². The van der Waals surface area contributed by atoms with E-state index in [1.165, 1.54) is 0 Å². The van der Waals surface area contributed by atoms with Crippen molar-refractivity contribution in [3.63, 3.8) is 0 Å². The number of ether oxygens (including phenoxy) is 3. The monoisotopic (exact) mass is 163 g/mol. The van der Waals surface area contributed by atoms with Gasteiger partial charge in [-0.2, -0.15) is 0 Å². The molecule has 0 heterocycles. The Kier molecular flexibility index (Phi) is 7.83. The Morgan fingerprint density at radius 1 is 1.36 bits per heavy atom. The Balaban J connectivity index is 2.97. The number of hydrogen-bond acceptors (Lipinski definition) is 4. The van der Waals surface area contributed by atoms with E-state index in [0.717, 1.165) is 0 Å². The van der Waals surface area contributed by atoms with Gasteiger partial charge in [0.25, 0.3) is 0 Å². The molecular weight excluding hydrogens is 146 g/mol. The van der Waals surface area contributed by atoms with Crippen LogP contribution in [-0.4, -0.2) is 39.8 Å². The Bertz CT molecular complexity index is 80.1. The van der Waals surface area contributed by atoms with Crippen molar-refractivity contribution in [2.45, 2.75) is 13.2 Å². The van der Waals surface area contributed by atoms with Crippen LogP contribution in [0.2, 0.25) is 0 Å². The molecule has 0 aliphatic rings. The van der Waals surface area contributed by atoms with Crippen LogP contribution in [-0.2, 0) is 14.2 Å². The number of hydrogen-bond donors (Lipinski definition) is 1. The van der Waals surface area contributed by atoms with Gasteiger partial charge in [0.1, 0.15) is 6.23 Å². The molecular formula is C7H17NO3. The average Bonchev–Trinajstić information content (AvgIpc) is 1.99. The summed E-state index contributed by atoms with van der Waals surface area (Å²) in [7, 11) is 1.59. The van der Waals surface area contributed by atoms with Crippen LogP contribution in [0.5, 0.6) is 0 Å². The SMILES string of the molecule is CCOCCOC(N)COC. The number of nitrogens with two attached hydrogens (primary N) is 1. The third kappa shape index (κ3) is 7.74. The summed E-state index contributed by atoms with van der Waals surface area (Å²) in [6.45, 7) is 4.19. The predicted molar refractivity (Wildman–Crippen MR) is 42.3 cm³/mol. The van der Waals surface area contributed by atoms with Crippen LogP contribution in [0.1, 0.15) is 6.92 Å². The molecule has 0 bridgehead atoms. The second-order valence-electron chi connectivity index (χ2n) is 2.06. The van der Waals surface area contributed by atoms with Crippen molar-refractivity contribution in [2.24, 2.45) is 5.73 Å². The van der Waals surface area contributed by atoms with E-state index in [2.05, 4.69) is 0 Å². The molecule has 2 N–H and O–H groups in total. The van der Waals surface area contributed by atoms with E-state index in [4.69, 9.17) is 19.9 Å². The van der Waals surface area contributed by atoms with E-state index in [1.807, 2.05) is 6.92 Å². The van der Waals surface area contributed by atoms with Crippen molar-refractivity contribution in [1.29, 1.82) is 0 Å². The molecule has 4 heteroatoms. The Labute approximate surface area is 67.6 Å². The summed E-state index contributed by atoms with van der Waals surface area (Å²) in [6, 6.07) is 0. The minimum Gasteiger partial charge on any atom is -0.381 e. The van der Waals surface area contributed by atoms with Crippen LogP contribution in [0.15, 0.2) is 0 Å². The molecule has 0 aliphatic carbocycles. The van der Waals surface area contributed by atoms with Gasteiger partial charge >= 0.3 is 0 Å². The Morgan fingerprint density at radius 2 is 2.09 bits per heavy atom. The fourth-order valence-electron chi connectivity index (χ4n) is 0.615. The largest absolute Gasteiger partial charge is 0.381 e. The molecule has 0 fully saturated rings. The van der Waals surface area contributed by atoms with Crippen molar-refractivity contribution in [1.82, 2.24) is 0 Å². The van der Waals surface area contributed by atoms with Crippen LogP contribution in [0.25, 0.3) is 0 Å². The minimum absolute atomic E-state index is 0.333. The predicted octanol–water partition coefficient (Wildman–Crippen LogP) is -0.0293.